The number of benzene rings is 4. The number of aromatic nitrogens is 1. The van der Waals surface area contributed by atoms with Gasteiger partial charge in [-0.2, -0.15) is 0 Å². The van der Waals surface area contributed by atoms with E-state index in [1.165, 1.54) is 60.3 Å². The van der Waals surface area contributed by atoms with Crippen molar-refractivity contribution in [3.63, 3.8) is 0 Å². The Morgan fingerprint density at radius 3 is 2.27 bits per heavy atom. The fourth-order valence-electron chi connectivity index (χ4n) is 5.76. The summed E-state index contributed by atoms with van der Waals surface area (Å²) in [6.07, 6.45) is 3.25. The Bertz CT molecular complexity index is 1620. The highest BCUT2D eigenvalue weighted by Crippen LogP contribution is 2.51. The number of aryl methyl sites for hydroxylation is 3. The van der Waals surface area contributed by atoms with E-state index in [0.717, 1.165) is 17.9 Å². The van der Waals surface area contributed by atoms with Crippen LogP contribution in [0.1, 0.15) is 37.5 Å². The molecule has 0 spiro atoms. The summed E-state index contributed by atoms with van der Waals surface area (Å²) in [4.78, 5) is 0. The van der Waals surface area contributed by atoms with Crippen molar-refractivity contribution < 1.29 is 9.30 Å². The number of hydrogen-bond donors (Lipinski definition) is 0. The zero-order valence-corrected chi connectivity index (χ0v) is 20.3. The molecule has 6 rings (SSSR count). The van der Waals surface area contributed by atoms with Crippen LogP contribution in [-0.4, -0.2) is 0 Å². The summed E-state index contributed by atoms with van der Waals surface area (Å²) < 4.78 is 9.03. The van der Waals surface area contributed by atoms with Crippen molar-refractivity contribution in [1.82, 2.24) is 0 Å². The maximum Gasteiger partial charge on any atom is 0.228 e. The highest BCUT2D eigenvalue weighted by Gasteiger charge is 2.32. The monoisotopic (exact) mass is 432 g/mol. The molecule has 0 saturated carbocycles. The van der Waals surface area contributed by atoms with Gasteiger partial charge in [0.2, 0.25) is 5.69 Å². The summed E-state index contributed by atoms with van der Waals surface area (Å²) in [5, 5.41) is 7.67. The molecule has 2 nitrogen and oxygen atoms in total. The highest BCUT2D eigenvalue weighted by molar-refractivity contribution is 6.17. The van der Waals surface area contributed by atoms with Crippen molar-refractivity contribution in [3.8, 4) is 22.8 Å². The lowest BCUT2D eigenvalue weighted by atomic mass is 9.84. The summed E-state index contributed by atoms with van der Waals surface area (Å²) in [5.41, 5.74) is 6.58. The van der Waals surface area contributed by atoms with Gasteiger partial charge in [-0.05, 0) is 64.4 Å². The van der Waals surface area contributed by atoms with E-state index >= 15 is 0 Å². The second-order valence-electron chi connectivity index (χ2n) is 10.8. The van der Waals surface area contributed by atoms with Gasteiger partial charge in [-0.1, -0.05) is 63.2 Å². The van der Waals surface area contributed by atoms with Gasteiger partial charge in [0.1, 0.15) is 18.5 Å². The first-order valence-electron chi connectivity index (χ1n) is 11.8. The van der Waals surface area contributed by atoms with Crippen molar-refractivity contribution in [1.29, 1.82) is 0 Å². The van der Waals surface area contributed by atoms with E-state index in [2.05, 4.69) is 107 Å². The Balaban J connectivity index is 1.79. The lowest BCUT2D eigenvalue weighted by Crippen LogP contribution is -2.32. The molecule has 0 unspecified atom stereocenters. The van der Waals surface area contributed by atoms with Crippen molar-refractivity contribution in [2.75, 3.05) is 0 Å². The molecule has 4 aromatic carbocycles. The predicted octanol–water partition coefficient (Wildman–Crippen LogP) is 7.95. The minimum Gasteiger partial charge on any atom is -0.455 e. The quantitative estimate of drug-likeness (QED) is 0.190. The molecule has 1 aliphatic heterocycles. The Morgan fingerprint density at radius 2 is 1.55 bits per heavy atom. The van der Waals surface area contributed by atoms with Crippen LogP contribution >= 0.6 is 0 Å². The summed E-state index contributed by atoms with van der Waals surface area (Å²) in [6.45, 7) is 11.4. The van der Waals surface area contributed by atoms with Crippen LogP contribution in [0.5, 0.6) is 11.5 Å². The number of rotatable bonds is 1. The van der Waals surface area contributed by atoms with E-state index in [9.17, 15) is 0 Å². The highest BCUT2D eigenvalue weighted by atomic mass is 16.5. The molecule has 5 aromatic rings. The summed E-state index contributed by atoms with van der Waals surface area (Å²) in [5.74, 6) is 1.95. The van der Waals surface area contributed by atoms with E-state index in [1.54, 1.807) is 0 Å². The number of pyridine rings is 1. The molecule has 1 aromatic heterocycles. The van der Waals surface area contributed by atoms with Gasteiger partial charge in [0.15, 0.2) is 6.20 Å². The first-order chi connectivity index (χ1) is 15.7. The third-order valence-corrected chi connectivity index (χ3v) is 7.16. The Kier molecular flexibility index (Phi) is 4.17. The minimum atomic E-state index is 0.217. The van der Waals surface area contributed by atoms with Gasteiger partial charge in [0.25, 0.3) is 0 Å². The zero-order chi connectivity index (χ0) is 23.1. The van der Waals surface area contributed by atoms with Crippen molar-refractivity contribution in [2.24, 2.45) is 12.5 Å². The van der Waals surface area contributed by atoms with Crippen molar-refractivity contribution in [2.45, 2.75) is 41.0 Å². The SMILES string of the molecule is Cc1c2c(c(C)c3ccccc13)-c1c3c(cc4cccc(CC(C)(C)C)c4c3cc[n+]1C)O2. The number of nitrogens with zero attached hydrogens (tertiary/aromatic N) is 1. The van der Waals surface area contributed by atoms with E-state index in [1.807, 2.05) is 0 Å². The molecule has 1 aliphatic rings. The summed E-state index contributed by atoms with van der Waals surface area (Å²) in [6, 6.07) is 19.9. The number of hydrogen-bond acceptors (Lipinski definition) is 1. The molecular weight excluding hydrogens is 402 g/mol. The van der Waals surface area contributed by atoms with Crippen molar-refractivity contribution >= 4 is 32.3 Å². The largest absolute Gasteiger partial charge is 0.455 e. The van der Waals surface area contributed by atoms with Gasteiger partial charge in [-0.15, -0.1) is 0 Å². The van der Waals surface area contributed by atoms with Gasteiger partial charge in [0.05, 0.1) is 10.9 Å². The molecule has 0 saturated heterocycles. The molecule has 0 amide bonds. The van der Waals surface area contributed by atoms with Crippen LogP contribution in [0, 0.1) is 19.3 Å². The molecule has 0 N–H and O–H groups in total. The Morgan fingerprint density at radius 1 is 0.818 bits per heavy atom. The standard InChI is InChI=1S/C31H30NO/c1-18-22-12-7-8-13-23(22)19(2)30-26(18)29-28-24(14-15-32(29)6)27-20(16-25(28)33-30)10-9-11-21(27)17-31(3,4)5/h7-16H,17H2,1-6H3/q+1. The average Bonchev–Trinajstić information content (AvgIpc) is 2.77. The van der Waals surface area contributed by atoms with Crippen LogP contribution < -0.4 is 9.30 Å². The Labute approximate surface area is 195 Å². The maximum atomic E-state index is 6.76. The molecule has 164 valence electrons. The average molecular weight is 433 g/mol. The van der Waals surface area contributed by atoms with Gasteiger partial charge in [-0.25, -0.2) is 4.57 Å². The molecule has 2 heteroatoms. The van der Waals surface area contributed by atoms with Crippen molar-refractivity contribution in [3.05, 3.63) is 77.5 Å². The van der Waals surface area contributed by atoms with Gasteiger partial charge in [0, 0.05) is 17.0 Å². The summed E-state index contributed by atoms with van der Waals surface area (Å²) in [7, 11) is 2.16. The van der Waals surface area contributed by atoms with Gasteiger partial charge < -0.3 is 4.74 Å². The molecular formula is C31H30NO+. The molecule has 0 bridgehead atoms. The number of ether oxygens (including phenoxy) is 1. The molecule has 0 aliphatic carbocycles. The second-order valence-corrected chi connectivity index (χ2v) is 10.8. The third kappa shape index (κ3) is 2.90. The third-order valence-electron chi connectivity index (χ3n) is 7.16. The second kappa shape index (κ2) is 6.81. The summed E-state index contributed by atoms with van der Waals surface area (Å²) >= 11 is 0. The van der Waals surface area contributed by atoms with Crippen LogP contribution in [0.15, 0.2) is 60.8 Å². The van der Waals surface area contributed by atoms with Crippen LogP contribution in [0.2, 0.25) is 0 Å². The van der Waals surface area contributed by atoms with E-state index < -0.39 is 0 Å². The Hall–Kier alpha value is -3.39. The predicted molar refractivity (Wildman–Crippen MR) is 138 cm³/mol. The first kappa shape index (κ1) is 20.2. The lowest BCUT2D eigenvalue weighted by Gasteiger charge is -2.25. The number of fused-ring (bicyclic) bond motifs is 5. The van der Waals surface area contributed by atoms with E-state index in [4.69, 9.17) is 4.74 Å². The van der Waals surface area contributed by atoms with Crippen LogP contribution in [0.4, 0.5) is 0 Å². The van der Waals surface area contributed by atoms with E-state index in [-0.39, 0.29) is 5.41 Å². The van der Waals surface area contributed by atoms with Crippen LogP contribution in [0.25, 0.3) is 43.6 Å². The van der Waals surface area contributed by atoms with E-state index in [0.29, 0.717) is 0 Å². The van der Waals surface area contributed by atoms with Gasteiger partial charge in [-0.3, -0.25) is 0 Å². The fraction of sp³-hybridized carbons (Fsp3) is 0.258. The lowest BCUT2D eigenvalue weighted by molar-refractivity contribution is -0.659. The van der Waals surface area contributed by atoms with Crippen LogP contribution in [-0.2, 0) is 13.5 Å². The molecule has 0 atom stereocenters. The zero-order valence-electron chi connectivity index (χ0n) is 20.3. The topological polar surface area (TPSA) is 13.1 Å². The minimum absolute atomic E-state index is 0.217. The first-order valence-corrected chi connectivity index (χ1v) is 11.8. The smallest absolute Gasteiger partial charge is 0.228 e. The normalized spacial score (nSPS) is 12.9. The molecule has 33 heavy (non-hydrogen) atoms. The molecule has 0 fully saturated rings. The molecule has 0 radical (unpaired) electrons. The van der Waals surface area contributed by atoms with Crippen LogP contribution in [0.3, 0.4) is 0 Å². The molecule has 2 heterocycles. The maximum absolute atomic E-state index is 6.76. The van der Waals surface area contributed by atoms with Gasteiger partial charge >= 0.3 is 0 Å². The fourth-order valence-corrected chi connectivity index (χ4v) is 5.76.